The lowest BCUT2D eigenvalue weighted by Gasteiger charge is -2.34. The van der Waals surface area contributed by atoms with Crippen molar-refractivity contribution in [1.82, 2.24) is 15.2 Å². The summed E-state index contributed by atoms with van der Waals surface area (Å²) in [4.78, 5) is 28.8. The van der Waals surface area contributed by atoms with Gasteiger partial charge in [0.2, 0.25) is 0 Å². The number of methoxy groups -OCH3 is 2. The quantitative estimate of drug-likeness (QED) is 0.199. The molecule has 9 nitrogen and oxygen atoms in total. The minimum Gasteiger partial charge on any atom is -0.493 e. The zero-order valence-electron chi connectivity index (χ0n) is 21.6. The van der Waals surface area contributed by atoms with Gasteiger partial charge in [0.05, 0.1) is 20.4 Å². The van der Waals surface area contributed by atoms with Crippen molar-refractivity contribution in [1.29, 1.82) is 0 Å². The maximum atomic E-state index is 12.5. The Morgan fingerprint density at radius 2 is 1.47 bits per heavy atom. The highest BCUT2D eigenvalue weighted by Gasteiger charge is 2.17. The van der Waals surface area contributed by atoms with Gasteiger partial charge in [0.1, 0.15) is 0 Å². The number of piperazine rings is 1. The Balaban J connectivity index is 1.24. The molecule has 0 spiro atoms. The summed E-state index contributed by atoms with van der Waals surface area (Å²) in [7, 11) is 2.68. The van der Waals surface area contributed by atoms with Gasteiger partial charge in [0.25, 0.3) is 5.91 Å². The van der Waals surface area contributed by atoms with E-state index in [1.165, 1.54) is 31.6 Å². The van der Waals surface area contributed by atoms with E-state index in [0.717, 1.165) is 39.3 Å². The maximum absolute atomic E-state index is 12.5. The Kier molecular flexibility index (Phi) is 9.44. The molecule has 38 heavy (non-hydrogen) atoms. The first-order valence-electron chi connectivity index (χ1n) is 12.4. The van der Waals surface area contributed by atoms with Crippen molar-refractivity contribution in [3.05, 3.63) is 95.1 Å². The Bertz CT molecular complexity index is 1240. The molecule has 3 aromatic carbocycles. The van der Waals surface area contributed by atoms with E-state index < -0.39 is 6.16 Å². The predicted molar refractivity (Wildman–Crippen MR) is 145 cm³/mol. The average molecular weight is 517 g/mol. The molecule has 0 aromatic heterocycles. The molecule has 1 aliphatic rings. The zero-order valence-corrected chi connectivity index (χ0v) is 21.6. The summed E-state index contributed by atoms with van der Waals surface area (Å²) < 4.78 is 14.7. The van der Waals surface area contributed by atoms with Gasteiger partial charge >= 0.3 is 6.16 Å². The third-order valence-electron chi connectivity index (χ3n) is 6.26. The van der Waals surface area contributed by atoms with Crippen molar-refractivity contribution < 1.29 is 23.8 Å². The van der Waals surface area contributed by atoms with Crippen LogP contribution in [-0.2, 0) is 17.8 Å². The highest BCUT2D eigenvalue weighted by Crippen LogP contribution is 2.27. The molecular formula is C29H32N4O5. The fraction of sp³-hybridized carbons (Fsp3) is 0.276. The molecule has 1 amide bonds. The van der Waals surface area contributed by atoms with Gasteiger partial charge in [0, 0.05) is 44.8 Å². The number of rotatable bonds is 9. The summed E-state index contributed by atoms with van der Waals surface area (Å²) in [6.45, 7) is 5.97. The van der Waals surface area contributed by atoms with E-state index in [1.54, 1.807) is 18.2 Å². The van der Waals surface area contributed by atoms with E-state index in [0.29, 0.717) is 16.9 Å². The van der Waals surface area contributed by atoms with Gasteiger partial charge in [-0.2, -0.15) is 5.10 Å². The third kappa shape index (κ3) is 7.64. The largest absolute Gasteiger partial charge is 0.513 e. The molecule has 0 unspecified atom stereocenters. The number of benzene rings is 3. The van der Waals surface area contributed by atoms with Gasteiger partial charge in [-0.05, 0) is 47.0 Å². The first kappa shape index (κ1) is 26.8. The molecule has 1 fully saturated rings. The van der Waals surface area contributed by atoms with Crippen LogP contribution in [-0.4, -0.2) is 68.5 Å². The summed E-state index contributed by atoms with van der Waals surface area (Å²) in [6, 6.07) is 23.0. The third-order valence-corrected chi connectivity index (χ3v) is 6.26. The smallest absolute Gasteiger partial charge is 0.493 e. The number of carbonyl (C=O) groups is 2. The zero-order chi connectivity index (χ0) is 26.7. The van der Waals surface area contributed by atoms with Crippen LogP contribution in [0.25, 0.3) is 0 Å². The van der Waals surface area contributed by atoms with Crippen molar-refractivity contribution in [3.8, 4) is 11.5 Å². The highest BCUT2D eigenvalue weighted by molar-refractivity contribution is 5.95. The normalized spacial score (nSPS) is 14.3. The Labute approximate surface area is 222 Å². The van der Waals surface area contributed by atoms with E-state index in [-0.39, 0.29) is 11.7 Å². The van der Waals surface area contributed by atoms with Gasteiger partial charge in [-0.15, -0.1) is 0 Å². The molecule has 1 heterocycles. The maximum Gasteiger partial charge on any atom is 0.513 e. The van der Waals surface area contributed by atoms with Crippen LogP contribution < -0.4 is 14.9 Å². The Morgan fingerprint density at radius 1 is 0.842 bits per heavy atom. The lowest BCUT2D eigenvalue weighted by Crippen LogP contribution is -2.45. The van der Waals surface area contributed by atoms with Crippen LogP contribution in [0.15, 0.2) is 77.9 Å². The minimum absolute atomic E-state index is 0.217. The lowest BCUT2D eigenvalue weighted by molar-refractivity contribution is 0.0954. The van der Waals surface area contributed by atoms with Crippen LogP contribution in [0.1, 0.15) is 27.0 Å². The predicted octanol–water partition coefficient (Wildman–Crippen LogP) is 3.92. The van der Waals surface area contributed by atoms with Gasteiger partial charge in [-0.1, -0.05) is 42.5 Å². The van der Waals surface area contributed by atoms with Crippen LogP contribution in [0.4, 0.5) is 4.79 Å². The molecule has 198 valence electrons. The van der Waals surface area contributed by atoms with Crippen molar-refractivity contribution in [2.45, 2.75) is 13.1 Å². The molecule has 1 aliphatic heterocycles. The van der Waals surface area contributed by atoms with Crippen LogP contribution >= 0.6 is 0 Å². The molecule has 1 N–H and O–H groups in total. The van der Waals surface area contributed by atoms with Crippen molar-refractivity contribution in [2.75, 3.05) is 40.4 Å². The van der Waals surface area contributed by atoms with Gasteiger partial charge < -0.3 is 14.2 Å². The number of hydrazone groups is 1. The van der Waals surface area contributed by atoms with Crippen LogP contribution in [0.2, 0.25) is 0 Å². The van der Waals surface area contributed by atoms with Crippen molar-refractivity contribution in [3.63, 3.8) is 0 Å². The summed E-state index contributed by atoms with van der Waals surface area (Å²) in [5.74, 6) is 0.244. The van der Waals surface area contributed by atoms with E-state index in [9.17, 15) is 9.59 Å². The molecule has 0 radical (unpaired) electrons. The molecule has 9 heteroatoms. The molecule has 0 bridgehead atoms. The van der Waals surface area contributed by atoms with Crippen molar-refractivity contribution in [2.24, 2.45) is 5.10 Å². The minimum atomic E-state index is -0.843. The van der Waals surface area contributed by atoms with E-state index in [4.69, 9.17) is 9.47 Å². The fourth-order valence-electron chi connectivity index (χ4n) is 4.18. The molecule has 1 saturated heterocycles. The first-order chi connectivity index (χ1) is 18.5. The standard InChI is InChI=1S/C29H32N4O5/c1-36-27-18-24(10-13-26(27)38-29(35)37-2)19-30-31-28(34)25-11-8-23(9-12-25)21-33-16-14-32(15-17-33)20-22-6-4-3-5-7-22/h3-13,18-19H,14-17,20-21H2,1-2H3,(H,31,34). The second-order valence-corrected chi connectivity index (χ2v) is 8.90. The highest BCUT2D eigenvalue weighted by atomic mass is 16.7. The van der Waals surface area contributed by atoms with Crippen LogP contribution in [0.3, 0.4) is 0 Å². The van der Waals surface area contributed by atoms with E-state index in [2.05, 4.69) is 49.3 Å². The summed E-state index contributed by atoms with van der Waals surface area (Å²) in [5.41, 5.74) is 6.23. The molecule has 3 aromatic rings. The van der Waals surface area contributed by atoms with E-state index >= 15 is 0 Å². The summed E-state index contributed by atoms with van der Waals surface area (Å²) in [5, 5.41) is 4.03. The SMILES string of the molecule is COC(=O)Oc1ccc(C=NNC(=O)c2ccc(CN3CCN(Cc4ccccc4)CC3)cc2)cc1OC. The second kappa shape index (κ2) is 13.4. The van der Waals surface area contributed by atoms with Gasteiger partial charge in [-0.3, -0.25) is 14.6 Å². The number of hydrogen-bond donors (Lipinski definition) is 1. The fourth-order valence-corrected chi connectivity index (χ4v) is 4.18. The molecular weight excluding hydrogens is 484 g/mol. The molecule has 0 atom stereocenters. The Morgan fingerprint density at radius 3 is 2.08 bits per heavy atom. The topological polar surface area (TPSA) is 92.7 Å². The summed E-state index contributed by atoms with van der Waals surface area (Å²) in [6.07, 6.45) is 0.637. The first-order valence-corrected chi connectivity index (χ1v) is 12.4. The van der Waals surface area contributed by atoms with E-state index in [1.807, 2.05) is 30.3 Å². The number of nitrogens with one attached hydrogen (secondary N) is 1. The monoisotopic (exact) mass is 516 g/mol. The molecule has 0 saturated carbocycles. The average Bonchev–Trinajstić information content (AvgIpc) is 2.95. The van der Waals surface area contributed by atoms with Crippen molar-refractivity contribution >= 4 is 18.3 Å². The van der Waals surface area contributed by atoms with Crippen LogP contribution in [0, 0.1) is 0 Å². The number of hydrogen-bond acceptors (Lipinski definition) is 8. The lowest BCUT2D eigenvalue weighted by atomic mass is 10.1. The number of amides is 1. The number of nitrogens with zero attached hydrogens (tertiary/aromatic N) is 3. The summed E-state index contributed by atoms with van der Waals surface area (Å²) >= 11 is 0. The second-order valence-electron chi connectivity index (χ2n) is 8.90. The Hall–Kier alpha value is -4.21. The van der Waals surface area contributed by atoms with Gasteiger partial charge in [0.15, 0.2) is 11.5 Å². The molecule has 0 aliphatic carbocycles. The van der Waals surface area contributed by atoms with Gasteiger partial charge in [-0.25, -0.2) is 10.2 Å². The van der Waals surface area contributed by atoms with Crippen LogP contribution in [0.5, 0.6) is 11.5 Å². The molecule has 4 rings (SSSR count). The number of carbonyl (C=O) groups excluding carboxylic acids is 2. The number of ether oxygens (including phenoxy) is 3.